The zero-order valence-electron chi connectivity index (χ0n) is 13.6. The molecule has 3 aromatic rings. The van der Waals surface area contributed by atoms with Crippen molar-refractivity contribution in [2.24, 2.45) is 0 Å². The molecule has 0 radical (unpaired) electrons. The zero-order valence-corrected chi connectivity index (χ0v) is 17.4. The molecule has 0 fully saturated rings. The van der Waals surface area contributed by atoms with Crippen LogP contribution in [0.25, 0.3) is 10.6 Å². The van der Waals surface area contributed by atoms with Gasteiger partial charge < -0.3 is 10.4 Å². The van der Waals surface area contributed by atoms with E-state index in [1.165, 1.54) is 11.3 Å². The highest BCUT2D eigenvalue weighted by Gasteiger charge is 2.24. The molecule has 0 saturated heterocycles. The van der Waals surface area contributed by atoms with Gasteiger partial charge in [-0.1, -0.05) is 53.3 Å². The van der Waals surface area contributed by atoms with E-state index in [4.69, 9.17) is 16.9 Å². The van der Waals surface area contributed by atoms with Crippen LogP contribution in [0.1, 0.15) is 22.2 Å². The Bertz CT molecular complexity index is 956. The fraction of sp³-hybridized carbons (Fsp3) is 0.167. The quantitative estimate of drug-likeness (QED) is 0.386. The van der Waals surface area contributed by atoms with Gasteiger partial charge in [0.1, 0.15) is 26.2 Å². The van der Waals surface area contributed by atoms with Crippen LogP contribution >= 0.6 is 45.5 Å². The van der Waals surface area contributed by atoms with Crippen LogP contribution in [-0.4, -0.2) is 19.4 Å². The summed E-state index contributed by atoms with van der Waals surface area (Å²) in [4.78, 5) is 0. The van der Waals surface area contributed by atoms with Crippen LogP contribution in [0.3, 0.4) is 0 Å². The predicted octanol–water partition coefficient (Wildman–Crippen LogP) is 4.95. The Morgan fingerprint density at radius 3 is 2.62 bits per heavy atom. The first-order valence-electron chi connectivity index (χ1n) is 7.68. The first-order chi connectivity index (χ1) is 12.5. The molecule has 0 saturated carbocycles. The second-order valence-electron chi connectivity index (χ2n) is 5.52. The summed E-state index contributed by atoms with van der Waals surface area (Å²) in [5.41, 5.74) is 2.89. The summed E-state index contributed by atoms with van der Waals surface area (Å²) < 4.78 is -0.724. The molecular formula is C18H14ClIN4OS. The van der Waals surface area contributed by atoms with Gasteiger partial charge in [-0.2, -0.15) is 5.26 Å². The van der Waals surface area contributed by atoms with Gasteiger partial charge in [0, 0.05) is 11.3 Å². The lowest BCUT2D eigenvalue weighted by Gasteiger charge is -2.21. The van der Waals surface area contributed by atoms with Crippen molar-refractivity contribution >= 4 is 51.2 Å². The third-order valence-electron chi connectivity index (χ3n) is 3.82. The van der Waals surface area contributed by atoms with Crippen LogP contribution in [-0.2, 0) is 0 Å². The largest absolute Gasteiger partial charge is 0.380 e. The van der Waals surface area contributed by atoms with Crippen molar-refractivity contribution in [1.82, 2.24) is 10.2 Å². The minimum absolute atomic E-state index is 0.404. The summed E-state index contributed by atoms with van der Waals surface area (Å²) in [5.74, 6) is 0. The lowest BCUT2D eigenvalue weighted by molar-refractivity contribution is 0.256. The number of halogens is 2. The minimum atomic E-state index is -0.724. The second-order valence-corrected chi connectivity index (χ2v) is 8.18. The Morgan fingerprint density at radius 2 is 1.96 bits per heavy atom. The standard InChI is InChI=1S/C18H14ClIN4OS/c1-10-13(8-7-12(9-21)14(10)19)22-15(16(20)25)18-24-23-17(26-18)11-5-3-2-4-6-11/h2-8,15-16,22,25H,1H3/t15-,16-/m1/s1. The number of aromatic nitrogens is 2. The molecule has 26 heavy (non-hydrogen) atoms. The van der Waals surface area contributed by atoms with Gasteiger partial charge in [0.2, 0.25) is 0 Å². The number of nitrogens with zero attached hydrogens (tertiary/aromatic N) is 3. The number of alkyl halides is 1. The molecule has 1 aromatic heterocycles. The van der Waals surface area contributed by atoms with Gasteiger partial charge in [-0.3, -0.25) is 0 Å². The molecule has 2 atom stereocenters. The highest BCUT2D eigenvalue weighted by atomic mass is 127. The Morgan fingerprint density at radius 1 is 1.23 bits per heavy atom. The number of hydrogen-bond donors (Lipinski definition) is 2. The van der Waals surface area contributed by atoms with Gasteiger partial charge in [-0.25, -0.2) is 0 Å². The lowest BCUT2D eigenvalue weighted by atomic mass is 10.1. The van der Waals surface area contributed by atoms with Crippen LogP contribution in [0.4, 0.5) is 5.69 Å². The summed E-state index contributed by atoms with van der Waals surface area (Å²) >= 11 is 9.60. The molecule has 3 rings (SSSR count). The van der Waals surface area contributed by atoms with Crippen molar-refractivity contribution in [1.29, 1.82) is 5.26 Å². The van der Waals surface area contributed by atoms with Gasteiger partial charge in [0.15, 0.2) is 0 Å². The van der Waals surface area contributed by atoms with E-state index >= 15 is 0 Å². The third-order valence-corrected chi connectivity index (χ3v) is 6.08. The number of aliphatic hydroxyl groups is 1. The van der Waals surface area contributed by atoms with E-state index in [-0.39, 0.29) is 0 Å². The molecule has 0 amide bonds. The van der Waals surface area contributed by atoms with E-state index in [2.05, 4.69) is 21.6 Å². The first-order valence-corrected chi connectivity index (χ1v) is 10.1. The predicted molar refractivity (Wildman–Crippen MR) is 113 cm³/mol. The molecule has 0 aliphatic rings. The molecule has 0 unspecified atom stereocenters. The number of hydrogen-bond acceptors (Lipinski definition) is 6. The molecule has 0 aliphatic heterocycles. The number of aliphatic hydroxyl groups excluding tert-OH is 1. The van der Waals surface area contributed by atoms with Crippen molar-refractivity contribution in [3.05, 3.63) is 63.6 Å². The van der Waals surface area contributed by atoms with E-state index < -0.39 is 10.2 Å². The summed E-state index contributed by atoms with van der Waals surface area (Å²) in [7, 11) is 0. The maximum absolute atomic E-state index is 10.2. The number of nitriles is 1. The van der Waals surface area contributed by atoms with Crippen molar-refractivity contribution in [3.63, 3.8) is 0 Å². The molecule has 0 spiro atoms. The van der Waals surface area contributed by atoms with Gasteiger partial charge in [-0.15, -0.1) is 10.2 Å². The zero-order chi connectivity index (χ0) is 18.7. The van der Waals surface area contributed by atoms with Crippen molar-refractivity contribution in [2.45, 2.75) is 17.1 Å². The first kappa shape index (κ1) is 19.0. The SMILES string of the molecule is Cc1c(N[C@@H](c2nnc(-c3ccccc3)s2)[C@@H](O)I)ccc(C#N)c1Cl. The van der Waals surface area contributed by atoms with Crippen molar-refractivity contribution in [2.75, 3.05) is 5.32 Å². The molecule has 132 valence electrons. The Balaban J connectivity index is 1.91. The number of rotatable bonds is 5. The van der Waals surface area contributed by atoms with Gasteiger partial charge in [-0.05, 0) is 47.2 Å². The number of anilines is 1. The van der Waals surface area contributed by atoms with Gasteiger partial charge in [0.25, 0.3) is 0 Å². The Hall–Kier alpha value is -1.73. The van der Waals surface area contributed by atoms with E-state index in [1.54, 1.807) is 12.1 Å². The monoisotopic (exact) mass is 496 g/mol. The molecular weight excluding hydrogens is 483 g/mol. The van der Waals surface area contributed by atoms with Crippen LogP contribution in [0, 0.1) is 18.3 Å². The Kier molecular flexibility index (Phi) is 6.09. The highest BCUT2D eigenvalue weighted by molar-refractivity contribution is 14.1. The van der Waals surface area contributed by atoms with Crippen molar-refractivity contribution < 1.29 is 5.11 Å². The molecule has 1 heterocycles. The van der Waals surface area contributed by atoms with E-state index in [0.717, 1.165) is 21.8 Å². The van der Waals surface area contributed by atoms with Crippen LogP contribution in [0.5, 0.6) is 0 Å². The Labute approximate surface area is 173 Å². The molecule has 2 N–H and O–H groups in total. The van der Waals surface area contributed by atoms with Crippen LogP contribution in [0.15, 0.2) is 42.5 Å². The summed E-state index contributed by atoms with van der Waals surface area (Å²) in [5, 5.41) is 33.0. The van der Waals surface area contributed by atoms with E-state index in [0.29, 0.717) is 15.6 Å². The van der Waals surface area contributed by atoms with Gasteiger partial charge in [0.05, 0.1) is 10.6 Å². The number of nitrogens with one attached hydrogen (secondary N) is 1. The molecule has 5 nitrogen and oxygen atoms in total. The second kappa shape index (κ2) is 8.31. The molecule has 0 bridgehead atoms. The summed E-state index contributed by atoms with van der Waals surface area (Å²) in [6.07, 6.45) is 0. The highest BCUT2D eigenvalue weighted by Crippen LogP contribution is 2.34. The fourth-order valence-electron chi connectivity index (χ4n) is 2.40. The van der Waals surface area contributed by atoms with E-state index in [1.807, 2.05) is 59.8 Å². The smallest absolute Gasteiger partial charge is 0.147 e. The van der Waals surface area contributed by atoms with Gasteiger partial charge >= 0.3 is 0 Å². The average molecular weight is 497 g/mol. The van der Waals surface area contributed by atoms with Crippen LogP contribution < -0.4 is 5.32 Å². The minimum Gasteiger partial charge on any atom is -0.380 e. The summed E-state index contributed by atoms with van der Waals surface area (Å²) in [6.45, 7) is 1.83. The van der Waals surface area contributed by atoms with Crippen molar-refractivity contribution in [3.8, 4) is 16.6 Å². The summed E-state index contributed by atoms with van der Waals surface area (Å²) in [6, 6.07) is 14.8. The lowest BCUT2D eigenvalue weighted by Crippen LogP contribution is -2.21. The molecule has 2 aromatic carbocycles. The molecule has 0 aliphatic carbocycles. The maximum atomic E-state index is 10.2. The van der Waals surface area contributed by atoms with E-state index in [9.17, 15) is 5.11 Å². The topological polar surface area (TPSA) is 81.8 Å². The fourth-order valence-corrected chi connectivity index (χ4v) is 4.30. The van der Waals surface area contributed by atoms with Crippen LogP contribution in [0.2, 0.25) is 5.02 Å². The normalized spacial score (nSPS) is 13.0. The maximum Gasteiger partial charge on any atom is 0.147 e. The third kappa shape index (κ3) is 3.99. The average Bonchev–Trinajstić information content (AvgIpc) is 3.13. The number of benzene rings is 2. The molecule has 8 heteroatoms.